The Balaban J connectivity index is 1.79. The fraction of sp³-hybridized carbons (Fsp3) is 0.857. The standard InChI is InChI=1S/C14H27NO/c1-2-3-4-5-6-8-11-15-13-14-10-7-9-12-16-14/h9,12,14-15H,2-8,10-11,13H2,1H3. The molecule has 0 amide bonds. The lowest BCUT2D eigenvalue weighted by Crippen LogP contribution is -2.29. The van der Waals surface area contributed by atoms with Crippen LogP contribution in [0.1, 0.15) is 58.3 Å². The molecule has 0 aromatic rings. The van der Waals surface area contributed by atoms with Crippen LogP contribution in [0, 0.1) is 0 Å². The first-order valence-electron chi connectivity index (χ1n) is 6.94. The first-order valence-corrected chi connectivity index (χ1v) is 6.94. The second kappa shape index (κ2) is 9.71. The third-order valence-electron chi connectivity index (χ3n) is 3.10. The van der Waals surface area contributed by atoms with Crippen LogP contribution in [-0.2, 0) is 4.74 Å². The molecule has 0 aliphatic carbocycles. The van der Waals surface area contributed by atoms with E-state index in [0.717, 1.165) is 13.1 Å². The molecule has 0 spiro atoms. The van der Waals surface area contributed by atoms with Crippen LogP contribution < -0.4 is 5.32 Å². The zero-order chi connectivity index (χ0) is 11.5. The van der Waals surface area contributed by atoms with E-state index in [1.165, 1.54) is 51.4 Å². The molecule has 0 saturated heterocycles. The predicted octanol–water partition coefficient (Wildman–Crippen LogP) is 3.63. The number of hydrogen-bond acceptors (Lipinski definition) is 2. The molecule has 1 atom stereocenters. The molecule has 16 heavy (non-hydrogen) atoms. The SMILES string of the molecule is CCCCCCCCNCC1CCC=CO1. The van der Waals surface area contributed by atoms with E-state index in [0.29, 0.717) is 6.10 Å². The van der Waals surface area contributed by atoms with Crippen molar-refractivity contribution in [3.8, 4) is 0 Å². The Morgan fingerprint density at radius 2 is 2.00 bits per heavy atom. The smallest absolute Gasteiger partial charge is 0.110 e. The highest BCUT2D eigenvalue weighted by Gasteiger charge is 2.09. The Morgan fingerprint density at radius 3 is 2.75 bits per heavy atom. The molecule has 1 rings (SSSR count). The zero-order valence-corrected chi connectivity index (χ0v) is 10.7. The van der Waals surface area contributed by atoms with Crippen LogP contribution in [0.15, 0.2) is 12.3 Å². The highest BCUT2D eigenvalue weighted by molar-refractivity contribution is 4.82. The van der Waals surface area contributed by atoms with E-state index < -0.39 is 0 Å². The van der Waals surface area contributed by atoms with E-state index in [4.69, 9.17) is 4.74 Å². The second-order valence-electron chi connectivity index (χ2n) is 4.68. The van der Waals surface area contributed by atoms with E-state index in [1.54, 1.807) is 0 Å². The first kappa shape index (κ1) is 13.6. The van der Waals surface area contributed by atoms with E-state index in [1.807, 2.05) is 6.26 Å². The average Bonchev–Trinajstić information content (AvgIpc) is 2.34. The van der Waals surface area contributed by atoms with E-state index in [-0.39, 0.29) is 0 Å². The van der Waals surface area contributed by atoms with Gasteiger partial charge in [0.2, 0.25) is 0 Å². The number of nitrogens with one attached hydrogen (secondary N) is 1. The molecule has 1 heterocycles. The summed E-state index contributed by atoms with van der Waals surface area (Å²) in [7, 11) is 0. The molecule has 0 radical (unpaired) electrons. The van der Waals surface area contributed by atoms with Gasteiger partial charge < -0.3 is 10.1 Å². The molecule has 94 valence electrons. The summed E-state index contributed by atoms with van der Waals surface area (Å²) in [6.45, 7) is 4.43. The summed E-state index contributed by atoms with van der Waals surface area (Å²) < 4.78 is 5.49. The Hall–Kier alpha value is -0.500. The molecule has 1 unspecified atom stereocenters. The zero-order valence-electron chi connectivity index (χ0n) is 10.7. The van der Waals surface area contributed by atoms with Crippen LogP contribution in [0.5, 0.6) is 0 Å². The van der Waals surface area contributed by atoms with E-state index in [9.17, 15) is 0 Å². The lowest BCUT2D eigenvalue weighted by molar-refractivity contribution is 0.122. The van der Waals surface area contributed by atoms with Gasteiger partial charge in [-0.2, -0.15) is 0 Å². The van der Waals surface area contributed by atoms with Crippen LogP contribution in [0.3, 0.4) is 0 Å². The van der Waals surface area contributed by atoms with Crippen LogP contribution in [-0.4, -0.2) is 19.2 Å². The van der Waals surface area contributed by atoms with Crippen LogP contribution >= 0.6 is 0 Å². The molecule has 1 aliphatic rings. The summed E-state index contributed by atoms with van der Waals surface area (Å²) in [5, 5.41) is 3.49. The minimum Gasteiger partial charge on any atom is -0.497 e. The van der Waals surface area contributed by atoms with Gasteiger partial charge in [0.15, 0.2) is 0 Å². The number of ether oxygens (including phenoxy) is 1. The molecular formula is C14H27NO. The Bertz CT molecular complexity index is 180. The van der Waals surface area contributed by atoms with Crippen LogP contribution in [0.2, 0.25) is 0 Å². The van der Waals surface area contributed by atoms with Gasteiger partial charge in [-0.1, -0.05) is 39.0 Å². The molecule has 0 aromatic carbocycles. The van der Waals surface area contributed by atoms with Gasteiger partial charge in [0.05, 0.1) is 6.26 Å². The Labute approximate surface area is 100 Å². The maximum atomic E-state index is 5.49. The number of unbranched alkanes of at least 4 members (excludes halogenated alkanes) is 5. The Kier molecular flexibility index (Phi) is 8.23. The molecule has 2 nitrogen and oxygen atoms in total. The summed E-state index contributed by atoms with van der Waals surface area (Å²) in [4.78, 5) is 0. The molecule has 1 N–H and O–H groups in total. The third kappa shape index (κ3) is 6.89. The Morgan fingerprint density at radius 1 is 1.19 bits per heavy atom. The fourth-order valence-electron chi connectivity index (χ4n) is 2.03. The third-order valence-corrected chi connectivity index (χ3v) is 3.10. The lowest BCUT2D eigenvalue weighted by Gasteiger charge is -2.19. The molecular weight excluding hydrogens is 198 g/mol. The number of hydrogen-bond donors (Lipinski definition) is 1. The van der Waals surface area contributed by atoms with Crippen molar-refractivity contribution in [3.63, 3.8) is 0 Å². The van der Waals surface area contributed by atoms with Crippen molar-refractivity contribution in [1.29, 1.82) is 0 Å². The normalized spacial score (nSPS) is 19.7. The largest absolute Gasteiger partial charge is 0.497 e. The maximum Gasteiger partial charge on any atom is 0.110 e. The summed E-state index contributed by atoms with van der Waals surface area (Å²) in [5.74, 6) is 0. The fourth-order valence-corrected chi connectivity index (χ4v) is 2.03. The van der Waals surface area contributed by atoms with Crippen molar-refractivity contribution in [1.82, 2.24) is 5.32 Å². The summed E-state index contributed by atoms with van der Waals surface area (Å²) in [6, 6.07) is 0. The van der Waals surface area contributed by atoms with Crippen LogP contribution in [0.25, 0.3) is 0 Å². The van der Waals surface area contributed by atoms with Gasteiger partial charge in [0.1, 0.15) is 6.10 Å². The molecule has 0 bridgehead atoms. The first-order chi connectivity index (χ1) is 7.93. The average molecular weight is 225 g/mol. The van der Waals surface area contributed by atoms with Gasteiger partial charge in [-0.15, -0.1) is 0 Å². The van der Waals surface area contributed by atoms with Gasteiger partial charge in [-0.3, -0.25) is 0 Å². The summed E-state index contributed by atoms with van der Waals surface area (Å²) in [5.41, 5.74) is 0. The number of allylic oxidation sites excluding steroid dienone is 1. The monoisotopic (exact) mass is 225 g/mol. The molecule has 0 fully saturated rings. The topological polar surface area (TPSA) is 21.3 Å². The highest BCUT2D eigenvalue weighted by Crippen LogP contribution is 2.09. The molecule has 0 aromatic heterocycles. The van der Waals surface area contributed by atoms with E-state index in [2.05, 4.69) is 18.3 Å². The van der Waals surface area contributed by atoms with Crippen molar-refractivity contribution in [2.24, 2.45) is 0 Å². The van der Waals surface area contributed by atoms with Gasteiger partial charge in [-0.05, 0) is 31.9 Å². The lowest BCUT2D eigenvalue weighted by atomic mass is 10.1. The summed E-state index contributed by atoms with van der Waals surface area (Å²) >= 11 is 0. The van der Waals surface area contributed by atoms with Crippen LogP contribution in [0.4, 0.5) is 0 Å². The molecule has 2 heteroatoms. The van der Waals surface area contributed by atoms with Gasteiger partial charge in [0, 0.05) is 6.54 Å². The maximum absolute atomic E-state index is 5.49. The molecule has 0 saturated carbocycles. The quantitative estimate of drug-likeness (QED) is 0.605. The molecule has 1 aliphatic heterocycles. The minimum atomic E-state index is 0.407. The van der Waals surface area contributed by atoms with Gasteiger partial charge in [0.25, 0.3) is 0 Å². The van der Waals surface area contributed by atoms with Crippen molar-refractivity contribution in [3.05, 3.63) is 12.3 Å². The summed E-state index contributed by atoms with van der Waals surface area (Å²) in [6.07, 6.45) is 14.9. The predicted molar refractivity (Wildman–Crippen MR) is 69.5 cm³/mol. The van der Waals surface area contributed by atoms with E-state index >= 15 is 0 Å². The highest BCUT2D eigenvalue weighted by atomic mass is 16.5. The second-order valence-corrected chi connectivity index (χ2v) is 4.68. The van der Waals surface area contributed by atoms with Crippen molar-refractivity contribution in [2.45, 2.75) is 64.4 Å². The van der Waals surface area contributed by atoms with Crippen molar-refractivity contribution >= 4 is 0 Å². The van der Waals surface area contributed by atoms with Gasteiger partial charge in [-0.25, -0.2) is 0 Å². The van der Waals surface area contributed by atoms with Crippen molar-refractivity contribution < 1.29 is 4.74 Å². The van der Waals surface area contributed by atoms with Crippen molar-refractivity contribution in [2.75, 3.05) is 13.1 Å². The van der Waals surface area contributed by atoms with Gasteiger partial charge >= 0.3 is 0 Å². The number of rotatable bonds is 9. The minimum absolute atomic E-state index is 0.407.